The molecule has 0 aliphatic heterocycles. The standard InChI is InChI=1S/C8H10BrFN2O.ClH/c9-4-1-2-5(10)8(13)7(4)6(12)3-11;/h1-2,6,13H,3,11-12H2;1H/t6-;/m0./s1. The van der Waals surface area contributed by atoms with Gasteiger partial charge in [0, 0.05) is 22.6 Å². The van der Waals surface area contributed by atoms with Crippen LogP contribution >= 0.6 is 28.3 Å². The molecular weight excluding hydrogens is 274 g/mol. The zero-order valence-electron chi connectivity index (χ0n) is 7.21. The van der Waals surface area contributed by atoms with Gasteiger partial charge >= 0.3 is 0 Å². The molecule has 0 saturated carbocycles. The van der Waals surface area contributed by atoms with E-state index < -0.39 is 17.6 Å². The highest BCUT2D eigenvalue weighted by Crippen LogP contribution is 2.32. The summed E-state index contributed by atoms with van der Waals surface area (Å²) in [6.07, 6.45) is 0. The smallest absolute Gasteiger partial charge is 0.165 e. The monoisotopic (exact) mass is 284 g/mol. The van der Waals surface area contributed by atoms with Crippen molar-refractivity contribution in [1.29, 1.82) is 0 Å². The van der Waals surface area contributed by atoms with Crippen LogP contribution in [0.4, 0.5) is 4.39 Å². The van der Waals surface area contributed by atoms with Crippen molar-refractivity contribution in [2.75, 3.05) is 6.54 Å². The fourth-order valence-corrected chi connectivity index (χ4v) is 1.64. The molecule has 0 aromatic heterocycles. The molecule has 5 N–H and O–H groups in total. The van der Waals surface area contributed by atoms with E-state index in [1.165, 1.54) is 6.07 Å². The van der Waals surface area contributed by atoms with Crippen LogP contribution in [-0.4, -0.2) is 11.7 Å². The van der Waals surface area contributed by atoms with Gasteiger partial charge in [0.15, 0.2) is 11.6 Å². The number of benzene rings is 1. The normalized spacial score (nSPS) is 12.0. The van der Waals surface area contributed by atoms with Gasteiger partial charge in [-0.05, 0) is 12.1 Å². The first-order valence-corrected chi connectivity index (χ1v) is 4.49. The predicted octanol–water partition coefficient (Wildman–Crippen LogP) is 1.67. The summed E-state index contributed by atoms with van der Waals surface area (Å²) >= 11 is 3.16. The Balaban J connectivity index is 0.00000169. The first-order valence-electron chi connectivity index (χ1n) is 3.70. The molecule has 0 saturated heterocycles. The Labute approximate surface area is 95.8 Å². The Bertz CT molecular complexity index is 324. The maximum absolute atomic E-state index is 12.9. The molecule has 3 nitrogen and oxygen atoms in total. The Kier molecular flexibility index (Phi) is 5.36. The first kappa shape index (κ1) is 13.6. The van der Waals surface area contributed by atoms with Crippen LogP contribution < -0.4 is 11.5 Å². The lowest BCUT2D eigenvalue weighted by Crippen LogP contribution is -2.21. The van der Waals surface area contributed by atoms with E-state index in [-0.39, 0.29) is 19.0 Å². The fourth-order valence-electron chi connectivity index (χ4n) is 1.03. The van der Waals surface area contributed by atoms with Gasteiger partial charge in [0.1, 0.15) is 0 Å². The second-order valence-corrected chi connectivity index (χ2v) is 3.49. The number of rotatable bonds is 2. The van der Waals surface area contributed by atoms with Gasteiger partial charge in [-0.1, -0.05) is 15.9 Å². The quantitative estimate of drug-likeness (QED) is 0.774. The molecule has 0 bridgehead atoms. The topological polar surface area (TPSA) is 72.3 Å². The van der Waals surface area contributed by atoms with Gasteiger partial charge in [0.05, 0.1) is 0 Å². The van der Waals surface area contributed by atoms with Crippen LogP contribution in [0.2, 0.25) is 0 Å². The molecule has 1 aromatic carbocycles. The van der Waals surface area contributed by atoms with Crippen molar-refractivity contribution in [2.45, 2.75) is 6.04 Å². The lowest BCUT2D eigenvalue weighted by Gasteiger charge is -2.13. The summed E-state index contributed by atoms with van der Waals surface area (Å²) in [4.78, 5) is 0. The van der Waals surface area contributed by atoms with Gasteiger partial charge in [-0.25, -0.2) is 4.39 Å². The van der Waals surface area contributed by atoms with Crippen LogP contribution in [0.15, 0.2) is 16.6 Å². The summed E-state index contributed by atoms with van der Waals surface area (Å²) < 4.78 is 13.4. The molecule has 0 unspecified atom stereocenters. The van der Waals surface area contributed by atoms with Crippen molar-refractivity contribution in [3.8, 4) is 5.75 Å². The molecule has 80 valence electrons. The van der Waals surface area contributed by atoms with E-state index in [1.807, 2.05) is 0 Å². The zero-order valence-corrected chi connectivity index (χ0v) is 9.61. The van der Waals surface area contributed by atoms with Crippen molar-refractivity contribution >= 4 is 28.3 Å². The van der Waals surface area contributed by atoms with Crippen LogP contribution in [0.5, 0.6) is 5.75 Å². The third-order valence-corrected chi connectivity index (χ3v) is 2.43. The van der Waals surface area contributed by atoms with Crippen molar-refractivity contribution in [3.63, 3.8) is 0 Å². The molecule has 1 rings (SSSR count). The summed E-state index contributed by atoms with van der Waals surface area (Å²) in [6, 6.07) is 2.08. The van der Waals surface area contributed by atoms with E-state index in [9.17, 15) is 9.50 Å². The minimum absolute atomic E-state index is 0. The van der Waals surface area contributed by atoms with E-state index in [2.05, 4.69) is 15.9 Å². The van der Waals surface area contributed by atoms with Crippen molar-refractivity contribution < 1.29 is 9.50 Å². The first-order chi connectivity index (χ1) is 6.07. The SMILES string of the molecule is Cl.NC[C@H](N)c1c(Br)ccc(F)c1O. The number of aromatic hydroxyl groups is 1. The van der Waals surface area contributed by atoms with Crippen LogP contribution in [-0.2, 0) is 0 Å². The molecule has 0 spiro atoms. The highest BCUT2D eigenvalue weighted by Gasteiger charge is 2.16. The summed E-state index contributed by atoms with van der Waals surface area (Å²) in [7, 11) is 0. The second-order valence-electron chi connectivity index (χ2n) is 2.63. The van der Waals surface area contributed by atoms with Gasteiger partial charge in [-0.3, -0.25) is 0 Å². The molecule has 0 amide bonds. The third-order valence-electron chi connectivity index (χ3n) is 1.74. The van der Waals surface area contributed by atoms with E-state index >= 15 is 0 Å². The Morgan fingerprint density at radius 1 is 1.50 bits per heavy atom. The fraction of sp³-hybridized carbons (Fsp3) is 0.250. The van der Waals surface area contributed by atoms with Gasteiger partial charge in [0.2, 0.25) is 0 Å². The van der Waals surface area contributed by atoms with Crippen LogP contribution in [0.3, 0.4) is 0 Å². The van der Waals surface area contributed by atoms with Crippen LogP contribution in [0.25, 0.3) is 0 Å². The molecular formula is C8H11BrClFN2O. The molecule has 1 atom stereocenters. The Morgan fingerprint density at radius 2 is 2.07 bits per heavy atom. The lowest BCUT2D eigenvalue weighted by atomic mass is 10.1. The minimum Gasteiger partial charge on any atom is -0.505 e. The maximum Gasteiger partial charge on any atom is 0.165 e. The molecule has 14 heavy (non-hydrogen) atoms. The van der Waals surface area contributed by atoms with E-state index in [0.717, 1.165) is 6.07 Å². The summed E-state index contributed by atoms with van der Waals surface area (Å²) in [5.74, 6) is -1.13. The third kappa shape index (κ3) is 2.57. The minimum atomic E-state index is -0.692. The number of halogens is 3. The predicted molar refractivity (Wildman–Crippen MR) is 59.0 cm³/mol. The Morgan fingerprint density at radius 3 is 2.57 bits per heavy atom. The van der Waals surface area contributed by atoms with Crippen LogP contribution in [0, 0.1) is 5.82 Å². The maximum atomic E-state index is 12.9. The molecule has 6 heteroatoms. The number of nitrogens with two attached hydrogens (primary N) is 2. The summed E-state index contributed by atoms with van der Waals surface area (Å²) in [6.45, 7) is 0.148. The second kappa shape index (κ2) is 5.50. The molecule has 0 fully saturated rings. The lowest BCUT2D eigenvalue weighted by molar-refractivity contribution is 0.420. The van der Waals surface area contributed by atoms with E-state index in [1.54, 1.807) is 0 Å². The zero-order chi connectivity index (χ0) is 10.0. The number of phenols is 1. The van der Waals surface area contributed by atoms with Crippen molar-refractivity contribution in [2.24, 2.45) is 11.5 Å². The average molecular weight is 286 g/mol. The molecule has 0 aliphatic carbocycles. The summed E-state index contributed by atoms with van der Waals surface area (Å²) in [5, 5.41) is 9.34. The number of phenolic OH excluding ortho intramolecular Hbond substituents is 1. The molecule has 1 aromatic rings. The van der Waals surface area contributed by atoms with Crippen LogP contribution in [0.1, 0.15) is 11.6 Å². The highest BCUT2D eigenvalue weighted by molar-refractivity contribution is 9.10. The van der Waals surface area contributed by atoms with Gasteiger partial charge in [-0.2, -0.15) is 0 Å². The highest BCUT2D eigenvalue weighted by atomic mass is 79.9. The van der Waals surface area contributed by atoms with Gasteiger partial charge in [-0.15, -0.1) is 12.4 Å². The van der Waals surface area contributed by atoms with Gasteiger partial charge < -0.3 is 16.6 Å². The molecule has 0 heterocycles. The molecule has 0 radical (unpaired) electrons. The van der Waals surface area contributed by atoms with E-state index in [0.29, 0.717) is 10.0 Å². The number of hydrogen-bond donors (Lipinski definition) is 3. The largest absolute Gasteiger partial charge is 0.505 e. The van der Waals surface area contributed by atoms with E-state index in [4.69, 9.17) is 11.5 Å². The Hall–Kier alpha value is -0.360. The van der Waals surface area contributed by atoms with Gasteiger partial charge in [0.25, 0.3) is 0 Å². The van der Waals surface area contributed by atoms with Crippen molar-refractivity contribution in [1.82, 2.24) is 0 Å². The average Bonchev–Trinajstić information content (AvgIpc) is 2.12. The van der Waals surface area contributed by atoms with Crippen molar-refractivity contribution in [3.05, 3.63) is 28.0 Å². The number of hydrogen-bond acceptors (Lipinski definition) is 3. The molecule has 0 aliphatic rings. The summed E-state index contributed by atoms with van der Waals surface area (Å²) in [5.41, 5.74) is 11.2.